The number of hydrogen-bond acceptors (Lipinski definition) is 3. The first-order valence-corrected chi connectivity index (χ1v) is 14.0. The number of fused-ring (bicyclic) bond motifs is 7. The van der Waals surface area contributed by atoms with Gasteiger partial charge < -0.3 is 4.74 Å². The summed E-state index contributed by atoms with van der Waals surface area (Å²) in [6.07, 6.45) is 6.11. The van der Waals surface area contributed by atoms with E-state index in [-0.39, 0.29) is 5.41 Å². The van der Waals surface area contributed by atoms with Gasteiger partial charge in [-0.05, 0) is 49.2 Å². The molecule has 1 saturated carbocycles. The third-order valence-corrected chi connectivity index (χ3v) is 8.71. The zero-order valence-corrected chi connectivity index (χ0v) is 21.7. The van der Waals surface area contributed by atoms with Gasteiger partial charge in [-0.15, -0.1) is 0 Å². The van der Waals surface area contributed by atoms with Crippen LogP contribution in [0, 0.1) is 0 Å². The molecule has 8 rings (SSSR count). The van der Waals surface area contributed by atoms with Crippen LogP contribution in [0.1, 0.15) is 43.2 Å². The van der Waals surface area contributed by atoms with E-state index in [1.165, 1.54) is 30.4 Å². The van der Waals surface area contributed by atoms with Crippen LogP contribution in [0.2, 0.25) is 0 Å². The summed E-state index contributed by atoms with van der Waals surface area (Å²) in [5, 5.41) is 2.20. The second-order valence-electron chi connectivity index (χ2n) is 10.9. The number of rotatable bonds is 2. The predicted octanol–water partition coefficient (Wildman–Crippen LogP) is 9.47. The van der Waals surface area contributed by atoms with Gasteiger partial charge in [0.15, 0.2) is 0 Å². The Morgan fingerprint density at radius 3 is 1.87 bits per heavy atom. The van der Waals surface area contributed by atoms with E-state index in [9.17, 15) is 0 Å². The fourth-order valence-corrected chi connectivity index (χ4v) is 6.76. The molecule has 188 valence electrons. The van der Waals surface area contributed by atoms with Gasteiger partial charge in [0.1, 0.15) is 11.5 Å². The van der Waals surface area contributed by atoms with Gasteiger partial charge in [-0.1, -0.05) is 92.1 Å². The van der Waals surface area contributed by atoms with Crippen molar-refractivity contribution in [1.82, 2.24) is 9.97 Å². The summed E-state index contributed by atoms with van der Waals surface area (Å²) >= 11 is 0. The maximum absolute atomic E-state index is 6.45. The van der Waals surface area contributed by atoms with E-state index >= 15 is 0 Å². The Labute approximate surface area is 228 Å². The normalized spacial score (nSPS) is 15.6. The molecular weight excluding hydrogens is 476 g/mol. The van der Waals surface area contributed by atoms with Crippen LogP contribution in [0.25, 0.3) is 44.3 Å². The molecule has 39 heavy (non-hydrogen) atoms. The highest BCUT2D eigenvalue weighted by Crippen LogP contribution is 2.55. The van der Waals surface area contributed by atoms with Gasteiger partial charge in [-0.25, -0.2) is 9.97 Å². The van der Waals surface area contributed by atoms with Gasteiger partial charge in [-0.2, -0.15) is 0 Å². The average molecular weight is 505 g/mol. The number of aromatic nitrogens is 2. The molecule has 1 fully saturated rings. The van der Waals surface area contributed by atoms with Crippen LogP contribution < -0.4 is 4.74 Å². The first-order valence-electron chi connectivity index (χ1n) is 14.0. The lowest BCUT2D eigenvalue weighted by atomic mass is 9.63. The van der Waals surface area contributed by atoms with Crippen molar-refractivity contribution in [3.63, 3.8) is 0 Å². The molecule has 0 bridgehead atoms. The number of nitrogens with zero attached hydrogens (tertiary/aromatic N) is 2. The molecule has 2 aromatic heterocycles. The molecule has 0 saturated heterocycles. The molecule has 0 atom stereocenters. The van der Waals surface area contributed by atoms with Gasteiger partial charge in [0.25, 0.3) is 0 Å². The summed E-state index contributed by atoms with van der Waals surface area (Å²) in [6, 6.07) is 38.5. The molecule has 3 heteroatoms. The van der Waals surface area contributed by atoms with Gasteiger partial charge in [-0.3, -0.25) is 0 Å². The maximum atomic E-state index is 6.45. The third kappa shape index (κ3) is 3.57. The van der Waals surface area contributed by atoms with Crippen molar-refractivity contribution in [3.8, 4) is 34.0 Å². The molecular formula is C36H28N2O. The standard InChI is InChI=1S/C36H28N2O/c1-3-9-24(10-4-1)30-18-15-25-13-14-26-16-19-31(38-35(26)34(25)37-30)27-17-20-33-29(23-27)36(21-7-2-8-22-36)28-11-5-6-12-32(28)39-33/h1,3-6,9-20,23H,2,7-8,21-22H2. The Kier molecular flexibility index (Phi) is 5.06. The van der Waals surface area contributed by atoms with Crippen molar-refractivity contribution in [2.45, 2.75) is 37.5 Å². The van der Waals surface area contributed by atoms with Gasteiger partial charge in [0.2, 0.25) is 0 Å². The quantitative estimate of drug-likeness (QED) is 0.220. The molecule has 3 nitrogen and oxygen atoms in total. The second-order valence-corrected chi connectivity index (χ2v) is 10.9. The number of hydrogen-bond donors (Lipinski definition) is 0. The number of ether oxygens (including phenoxy) is 1. The fraction of sp³-hybridized carbons (Fsp3) is 0.167. The van der Waals surface area contributed by atoms with Crippen molar-refractivity contribution in [2.75, 3.05) is 0 Å². The summed E-state index contributed by atoms with van der Waals surface area (Å²) in [5.74, 6) is 2.00. The van der Waals surface area contributed by atoms with Gasteiger partial charge >= 0.3 is 0 Å². The van der Waals surface area contributed by atoms with Crippen LogP contribution in [-0.4, -0.2) is 9.97 Å². The number of pyridine rings is 2. The van der Waals surface area contributed by atoms with Gasteiger partial charge in [0.05, 0.1) is 22.4 Å². The zero-order chi connectivity index (χ0) is 25.8. The van der Waals surface area contributed by atoms with Crippen LogP contribution >= 0.6 is 0 Å². The molecule has 1 spiro atoms. The van der Waals surface area contributed by atoms with Crippen molar-refractivity contribution >= 4 is 21.8 Å². The minimum atomic E-state index is 0.00806. The molecule has 6 aromatic rings. The highest BCUT2D eigenvalue weighted by molar-refractivity contribution is 6.04. The van der Waals surface area contributed by atoms with E-state index < -0.39 is 0 Å². The smallest absolute Gasteiger partial charge is 0.131 e. The summed E-state index contributed by atoms with van der Waals surface area (Å²) < 4.78 is 6.45. The lowest BCUT2D eigenvalue weighted by Crippen LogP contribution is -2.33. The van der Waals surface area contributed by atoms with E-state index in [0.29, 0.717) is 0 Å². The first kappa shape index (κ1) is 22.5. The summed E-state index contributed by atoms with van der Waals surface area (Å²) in [5.41, 5.74) is 8.70. The van der Waals surface area contributed by atoms with E-state index in [1.54, 1.807) is 0 Å². The Bertz CT molecular complexity index is 1870. The van der Waals surface area contributed by atoms with Crippen LogP contribution in [0.3, 0.4) is 0 Å². The van der Waals surface area contributed by atoms with Crippen molar-refractivity contribution in [1.29, 1.82) is 0 Å². The van der Waals surface area contributed by atoms with E-state index in [4.69, 9.17) is 14.7 Å². The molecule has 1 aliphatic heterocycles. The third-order valence-electron chi connectivity index (χ3n) is 8.71. The van der Waals surface area contributed by atoms with E-state index in [0.717, 1.165) is 68.7 Å². The van der Waals surface area contributed by atoms with Crippen LogP contribution in [0.15, 0.2) is 109 Å². The van der Waals surface area contributed by atoms with E-state index in [2.05, 4.69) is 103 Å². The number of benzene rings is 4. The molecule has 3 heterocycles. The molecule has 0 unspecified atom stereocenters. The van der Waals surface area contributed by atoms with Crippen molar-refractivity contribution in [2.24, 2.45) is 0 Å². The predicted molar refractivity (Wildman–Crippen MR) is 158 cm³/mol. The van der Waals surface area contributed by atoms with Crippen LogP contribution in [0.5, 0.6) is 11.5 Å². The Morgan fingerprint density at radius 2 is 1.13 bits per heavy atom. The molecule has 0 amide bonds. The van der Waals surface area contributed by atoms with Gasteiger partial charge in [0, 0.05) is 38.4 Å². The first-order chi connectivity index (χ1) is 19.3. The summed E-state index contributed by atoms with van der Waals surface area (Å²) in [7, 11) is 0. The van der Waals surface area contributed by atoms with Crippen molar-refractivity contribution < 1.29 is 4.74 Å². The van der Waals surface area contributed by atoms with E-state index in [1.807, 2.05) is 6.07 Å². The minimum absolute atomic E-state index is 0.00806. The fourth-order valence-electron chi connectivity index (χ4n) is 6.76. The summed E-state index contributed by atoms with van der Waals surface area (Å²) in [6.45, 7) is 0. The molecule has 0 radical (unpaired) electrons. The molecule has 0 N–H and O–H groups in total. The lowest BCUT2D eigenvalue weighted by molar-refractivity contribution is 0.306. The Hall–Kier alpha value is -4.50. The molecule has 1 aliphatic carbocycles. The largest absolute Gasteiger partial charge is 0.457 e. The second kappa shape index (κ2) is 8.78. The molecule has 2 aliphatic rings. The lowest BCUT2D eigenvalue weighted by Gasteiger charge is -2.43. The van der Waals surface area contributed by atoms with Crippen LogP contribution in [-0.2, 0) is 5.41 Å². The average Bonchev–Trinajstić information content (AvgIpc) is 3.01. The van der Waals surface area contributed by atoms with Crippen molar-refractivity contribution in [3.05, 3.63) is 120 Å². The Balaban J connectivity index is 1.29. The molecule has 4 aromatic carbocycles. The number of para-hydroxylation sites is 1. The highest BCUT2D eigenvalue weighted by atomic mass is 16.5. The highest BCUT2D eigenvalue weighted by Gasteiger charge is 2.42. The van der Waals surface area contributed by atoms with Crippen LogP contribution in [0.4, 0.5) is 0 Å². The SMILES string of the molecule is c1ccc(-c2ccc3ccc4ccc(-c5ccc6c(c5)C5(CCCCC5)c5ccccc5O6)nc4c3n2)cc1. The topological polar surface area (TPSA) is 35.0 Å². The maximum Gasteiger partial charge on any atom is 0.131 e. The zero-order valence-electron chi connectivity index (χ0n) is 21.7. The minimum Gasteiger partial charge on any atom is -0.457 e. The summed E-state index contributed by atoms with van der Waals surface area (Å²) in [4.78, 5) is 10.3. The monoisotopic (exact) mass is 504 g/mol. The Morgan fingerprint density at radius 1 is 0.513 bits per heavy atom.